The van der Waals surface area contributed by atoms with Crippen molar-refractivity contribution in [2.45, 2.75) is 19.6 Å². The minimum absolute atomic E-state index is 0.152. The molecule has 0 spiro atoms. The van der Waals surface area contributed by atoms with Gasteiger partial charge in [-0.2, -0.15) is 0 Å². The number of ether oxygens (including phenoxy) is 1. The van der Waals surface area contributed by atoms with E-state index in [9.17, 15) is 9.59 Å². The summed E-state index contributed by atoms with van der Waals surface area (Å²) in [6.45, 7) is 2.87. The summed E-state index contributed by atoms with van der Waals surface area (Å²) in [5.74, 6) is -0.781. The van der Waals surface area contributed by atoms with Crippen LogP contribution in [0.4, 0.5) is 0 Å². The SMILES string of the molecule is CCN(C)[C@@H](C(=O)OCc1ccc(C(N)=O)cc1)c1ccccc1. The number of hydrogen-bond donors (Lipinski definition) is 1. The van der Waals surface area contributed by atoms with Crippen LogP contribution in [0.5, 0.6) is 0 Å². The van der Waals surface area contributed by atoms with Gasteiger partial charge in [0.25, 0.3) is 0 Å². The van der Waals surface area contributed by atoms with Crippen LogP contribution < -0.4 is 5.73 Å². The number of carbonyl (C=O) groups excluding carboxylic acids is 2. The van der Waals surface area contributed by atoms with Gasteiger partial charge in [-0.1, -0.05) is 49.4 Å². The van der Waals surface area contributed by atoms with E-state index < -0.39 is 11.9 Å². The molecule has 1 atom stereocenters. The standard InChI is InChI=1S/C19H22N2O3/c1-3-21(2)17(15-7-5-4-6-8-15)19(23)24-13-14-9-11-16(12-10-14)18(20)22/h4-12,17H,3,13H2,1-2H3,(H2,20,22)/t17-/m1/s1. The number of rotatable bonds is 7. The third kappa shape index (κ3) is 4.43. The maximum atomic E-state index is 12.6. The van der Waals surface area contributed by atoms with E-state index in [-0.39, 0.29) is 12.6 Å². The van der Waals surface area contributed by atoms with Crippen molar-refractivity contribution in [3.8, 4) is 0 Å². The van der Waals surface area contributed by atoms with Crippen LogP contribution in [0.3, 0.4) is 0 Å². The molecule has 0 aliphatic carbocycles. The van der Waals surface area contributed by atoms with Crippen molar-refractivity contribution >= 4 is 11.9 Å². The van der Waals surface area contributed by atoms with E-state index in [1.807, 2.05) is 49.2 Å². The third-order valence-electron chi connectivity index (χ3n) is 3.90. The lowest BCUT2D eigenvalue weighted by Crippen LogP contribution is -2.32. The number of amides is 1. The van der Waals surface area contributed by atoms with Crippen LogP contribution in [-0.4, -0.2) is 30.4 Å². The molecule has 0 heterocycles. The molecule has 126 valence electrons. The molecule has 2 rings (SSSR count). The first kappa shape index (κ1) is 17.7. The van der Waals surface area contributed by atoms with Crippen molar-refractivity contribution < 1.29 is 14.3 Å². The monoisotopic (exact) mass is 326 g/mol. The Kier molecular flexibility index (Phi) is 6.09. The maximum absolute atomic E-state index is 12.6. The summed E-state index contributed by atoms with van der Waals surface area (Å²) in [6.07, 6.45) is 0. The number of nitrogens with zero attached hydrogens (tertiary/aromatic N) is 1. The summed E-state index contributed by atoms with van der Waals surface area (Å²) in [5.41, 5.74) is 7.34. The van der Waals surface area contributed by atoms with Gasteiger partial charge in [0.1, 0.15) is 12.6 Å². The van der Waals surface area contributed by atoms with Gasteiger partial charge in [-0.05, 0) is 36.9 Å². The topological polar surface area (TPSA) is 72.6 Å². The Balaban J connectivity index is 2.06. The summed E-state index contributed by atoms with van der Waals surface area (Å²) in [6, 6.07) is 15.8. The zero-order valence-electron chi connectivity index (χ0n) is 13.9. The average Bonchev–Trinajstić information content (AvgIpc) is 2.61. The summed E-state index contributed by atoms with van der Waals surface area (Å²) < 4.78 is 5.47. The second kappa shape index (κ2) is 8.26. The molecular formula is C19H22N2O3. The van der Waals surface area contributed by atoms with Crippen molar-refractivity contribution in [1.29, 1.82) is 0 Å². The molecule has 5 nitrogen and oxygen atoms in total. The van der Waals surface area contributed by atoms with E-state index in [0.29, 0.717) is 5.56 Å². The van der Waals surface area contributed by atoms with Gasteiger partial charge in [0.05, 0.1) is 0 Å². The van der Waals surface area contributed by atoms with E-state index in [0.717, 1.165) is 17.7 Å². The van der Waals surface area contributed by atoms with Gasteiger partial charge in [0.2, 0.25) is 5.91 Å². The second-order valence-corrected chi connectivity index (χ2v) is 5.56. The Hall–Kier alpha value is -2.66. The van der Waals surface area contributed by atoms with Gasteiger partial charge in [-0.25, -0.2) is 4.79 Å². The molecule has 1 amide bonds. The highest BCUT2D eigenvalue weighted by Gasteiger charge is 2.25. The van der Waals surface area contributed by atoms with Crippen LogP contribution in [0.2, 0.25) is 0 Å². The van der Waals surface area contributed by atoms with Gasteiger partial charge >= 0.3 is 5.97 Å². The predicted octanol–water partition coefficient (Wildman–Crippen LogP) is 2.52. The molecule has 0 fully saturated rings. The smallest absolute Gasteiger partial charge is 0.328 e. The van der Waals surface area contributed by atoms with E-state index in [2.05, 4.69) is 0 Å². The molecule has 0 aromatic heterocycles. The molecule has 0 unspecified atom stereocenters. The lowest BCUT2D eigenvalue weighted by atomic mass is 10.1. The molecule has 0 bridgehead atoms. The largest absolute Gasteiger partial charge is 0.459 e. The minimum Gasteiger partial charge on any atom is -0.459 e. The highest BCUT2D eigenvalue weighted by atomic mass is 16.5. The summed E-state index contributed by atoms with van der Waals surface area (Å²) in [4.78, 5) is 25.6. The van der Waals surface area contributed by atoms with E-state index >= 15 is 0 Å². The quantitative estimate of drug-likeness (QED) is 0.794. The van der Waals surface area contributed by atoms with E-state index in [4.69, 9.17) is 10.5 Å². The highest BCUT2D eigenvalue weighted by molar-refractivity contribution is 5.92. The number of nitrogens with two attached hydrogens (primary N) is 1. The number of esters is 1. The van der Waals surface area contributed by atoms with Gasteiger partial charge in [0, 0.05) is 5.56 Å². The van der Waals surface area contributed by atoms with Crippen LogP contribution in [0.25, 0.3) is 0 Å². The van der Waals surface area contributed by atoms with Crippen LogP contribution in [-0.2, 0) is 16.1 Å². The van der Waals surface area contributed by atoms with Crippen LogP contribution in [0.1, 0.15) is 34.5 Å². The molecule has 0 saturated carbocycles. The number of primary amides is 1. The Labute approximate surface area is 142 Å². The summed E-state index contributed by atoms with van der Waals surface area (Å²) >= 11 is 0. The Morgan fingerprint density at radius 1 is 1.08 bits per heavy atom. The van der Waals surface area contributed by atoms with Crippen LogP contribution >= 0.6 is 0 Å². The maximum Gasteiger partial charge on any atom is 0.328 e. The van der Waals surface area contributed by atoms with E-state index in [1.165, 1.54) is 0 Å². The second-order valence-electron chi connectivity index (χ2n) is 5.56. The number of hydrogen-bond acceptors (Lipinski definition) is 4. The molecule has 2 N–H and O–H groups in total. The number of benzene rings is 2. The first-order valence-electron chi connectivity index (χ1n) is 7.83. The average molecular weight is 326 g/mol. The minimum atomic E-state index is -0.479. The lowest BCUT2D eigenvalue weighted by Gasteiger charge is -2.25. The van der Waals surface area contributed by atoms with Crippen LogP contribution in [0.15, 0.2) is 54.6 Å². The molecule has 5 heteroatoms. The fourth-order valence-corrected chi connectivity index (χ4v) is 2.39. The van der Waals surface area contributed by atoms with Gasteiger partial charge in [-0.15, -0.1) is 0 Å². The first-order valence-corrected chi connectivity index (χ1v) is 7.83. The van der Waals surface area contributed by atoms with Crippen LogP contribution in [0, 0.1) is 0 Å². The van der Waals surface area contributed by atoms with Gasteiger partial charge in [-0.3, -0.25) is 9.69 Å². The first-order chi connectivity index (χ1) is 11.5. The normalized spacial score (nSPS) is 12.0. The van der Waals surface area contributed by atoms with Gasteiger partial charge in [0.15, 0.2) is 0 Å². The molecule has 2 aromatic carbocycles. The summed E-state index contributed by atoms with van der Waals surface area (Å²) in [5, 5.41) is 0. The Bertz CT molecular complexity index is 684. The highest BCUT2D eigenvalue weighted by Crippen LogP contribution is 2.21. The van der Waals surface area contributed by atoms with Crippen molar-refractivity contribution in [2.75, 3.05) is 13.6 Å². The fourth-order valence-electron chi connectivity index (χ4n) is 2.39. The van der Waals surface area contributed by atoms with Crippen molar-refractivity contribution in [1.82, 2.24) is 4.90 Å². The van der Waals surface area contributed by atoms with E-state index in [1.54, 1.807) is 24.3 Å². The molecule has 0 aliphatic rings. The molecule has 0 radical (unpaired) electrons. The Morgan fingerprint density at radius 2 is 1.71 bits per heavy atom. The van der Waals surface area contributed by atoms with Crippen molar-refractivity contribution in [3.05, 3.63) is 71.3 Å². The Morgan fingerprint density at radius 3 is 2.25 bits per heavy atom. The molecule has 2 aromatic rings. The van der Waals surface area contributed by atoms with Crippen molar-refractivity contribution in [2.24, 2.45) is 5.73 Å². The predicted molar refractivity (Wildman–Crippen MR) is 92.2 cm³/mol. The molecule has 0 saturated heterocycles. The van der Waals surface area contributed by atoms with Gasteiger partial charge < -0.3 is 10.5 Å². The summed E-state index contributed by atoms with van der Waals surface area (Å²) in [7, 11) is 1.89. The molecule has 0 aliphatic heterocycles. The van der Waals surface area contributed by atoms with Crippen molar-refractivity contribution in [3.63, 3.8) is 0 Å². The molecule has 24 heavy (non-hydrogen) atoms. The lowest BCUT2D eigenvalue weighted by molar-refractivity contribution is -0.151. The molecular weight excluding hydrogens is 304 g/mol. The fraction of sp³-hybridized carbons (Fsp3) is 0.263. The number of likely N-dealkylation sites (N-methyl/N-ethyl adjacent to an activating group) is 1. The zero-order chi connectivity index (χ0) is 17.5. The number of carbonyl (C=O) groups is 2. The third-order valence-corrected chi connectivity index (χ3v) is 3.90. The zero-order valence-corrected chi connectivity index (χ0v) is 13.9.